The number of halogens is 1. The number of urea groups is 1. The van der Waals surface area contributed by atoms with E-state index >= 15 is 0 Å². The first-order valence-corrected chi connectivity index (χ1v) is 10.6. The Kier molecular flexibility index (Phi) is 6.34. The van der Waals surface area contributed by atoms with Gasteiger partial charge in [-0.1, -0.05) is 82.7 Å². The molecule has 6 nitrogen and oxygen atoms in total. The molecule has 0 radical (unpaired) electrons. The van der Waals surface area contributed by atoms with E-state index in [1.54, 1.807) is 18.2 Å². The van der Waals surface area contributed by atoms with Crippen LogP contribution in [0, 0.1) is 0 Å². The van der Waals surface area contributed by atoms with Gasteiger partial charge in [0, 0.05) is 10.0 Å². The van der Waals surface area contributed by atoms with Crippen molar-refractivity contribution < 1.29 is 19.1 Å². The van der Waals surface area contributed by atoms with E-state index in [4.69, 9.17) is 9.47 Å². The van der Waals surface area contributed by atoms with Crippen LogP contribution in [0.2, 0.25) is 0 Å². The second kappa shape index (κ2) is 9.32. The predicted octanol–water partition coefficient (Wildman–Crippen LogP) is 4.28. The summed E-state index contributed by atoms with van der Waals surface area (Å²) in [5, 5.41) is 5.09. The number of amides is 3. The standard InChI is InChI=1S/C24H21BrN2O4/c25-19-11-12-20(21(13-19)31-15-18-9-5-2-6-10-18)24(22(28)26-23(29)27-24)16-30-14-17-7-3-1-4-8-17/h1-13H,14-16H2,(H2,26,27,28,29). The minimum Gasteiger partial charge on any atom is -0.488 e. The molecule has 4 rings (SSSR count). The molecule has 0 bridgehead atoms. The second-order valence-corrected chi connectivity index (χ2v) is 8.12. The molecule has 1 aliphatic rings. The fourth-order valence-electron chi connectivity index (χ4n) is 3.46. The van der Waals surface area contributed by atoms with Crippen LogP contribution < -0.4 is 15.4 Å². The smallest absolute Gasteiger partial charge is 0.322 e. The van der Waals surface area contributed by atoms with E-state index in [0.717, 1.165) is 15.6 Å². The third-order valence-corrected chi connectivity index (χ3v) is 5.51. The summed E-state index contributed by atoms with van der Waals surface area (Å²) < 4.78 is 12.8. The summed E-state index contributed by atoms with van der Waals surface area (Å²) in [6.07, 6.45) is 0. The number of carbonyl (C=O) groups excluding carboxylic acids is 2. The molecule has 1 unspecified atom stereocenters. The average Bonchev–Trinajstić information content (AvgIpc) is 3.07. The molecule has 1 fully saturated rings. The SMILES string of the molecule is O=C1NC(=O)C(COCc2ccccc2)(c2ccc(Br)cc2OCc2ccccc2)N1. The van der Waals surface area contributed by atoms with Crippen LogP contribution in [0.3, 0.4) is 0 Å². The largest absolute Gasteiger partial charge is 0.488 e. The van der Waals surface area contributed by atoms with Gasteiger partial charge >= 0.3 is 6.03 Å². The highest BCUT2D eigenvalue weighted by Gasteiger charge is 2.49. The summed E-state index contributed by atoms with van der Waals surface area (Å²) in [5.41, 5.74) is 1.10. The lowest BCUT2D eigenvalue weighted by Crippen LogP contribution is -2.48. The Hall–Kier alpha value is -3.16. The van der Waals surface area contributed by atoms with Gasteiger partial charge in [-0.15, -0.1) is 0 Å². The Bertz CT molecular complexity index is 1080. The molecule has 2 N–H and O–H groups in total. The molecule has 0 spiro atoms. The zero-order valence-electron chi connectivity index (χ0n) is 16.6. The van der Waals surface area contributed by atoms with Crippen LogP contribution in [-0.4, -0.2) is 18.5 Å². The van der Waals surface area contributed by atoms with Gasteiger partial charge in [0.15, 0.2) is 5.54 Å². The minimum atomic E-state index is -1.39. The molecule has 3 aromatic carbocycles. The molecule has 0 aliphatic carbocycles. The van der Waals surface area contributed by atoms with Crippen molar-refractivity contribution in [2.45, 2.75) is 18.8 Å². The van der Waals surface area contributed by atoms with Crippen molar-refractivity contribution in [3.63, 3.8) is 0 Å². The lowest BCUT2D eigenvalue weighted by atomic mass is 9.90. The molecule has 31 heavy (non-hydrogen) atoms. The Labute approximate surface area is 188 Å². The van der Waals surface area contributed by atoms with Crippen LogP contribution in [0.4, 0.5) is 4.79 Å². The normalized spacial score (nSPS) is 17.8. The molecule has 1 atom stereocenters. The van der Waals surface area contributed by atoms with Gasteiger partial charge in [-0.05, 0) is 23.3 Å². The first-order valence-electron chi connectivity index (χ1n) is 9.79. The average molecular weight is 481 g/mol. The van der Waals surface area contributed by atoms with Crippen molar-refractivity contribution in [3.8, 4) is 5.75 Å². The van der Waals surface area contributed by atoms with Crippen molar-refractivity contribution in [2.24, 2.45) is 0 Å². The van der Waals surface area contributed by atoms with E-state index in [1.807, 2.05) is 60.7 Å². The van der Waals surface area contributed by atoms with Crippen molar-refractivity contribution in [3.05, 3.63) is 100 Å². The van der Waals surface area contributed by atoms with Crippen LogP contribution in [0.25, 0.3) is 0 Å². The first kappa shape index (κ1) is 21.1. The maximum absolute atomic E-state index is 12.9. The predicted molar refractivity (Wildman–Crippen MR) is 119 cm³/mol. The highest BCUT2D eigenvalue weighted by Crippen LogP contribution is 2.36. The number of carbonyl (C=O) groups is 2. The molecule has 158 valence electrons. The van der Waals surface area contributed by atoms with Crippen molar-refractivity contribution >= 4 is 27.9 Å². The monoisotopic (exact) mass is 480 g/mol. The highest BCUT2D eigenvalue weighted by molar-refractivity contribution is 9.10. The molecule has 0 saturated carbocycles. The molecule has 3 amide bonds. The van der Waals surface area contributed by atoms with Crippen molar-refractivity contribution in [2.75, 3.05) is 6.61 Å². The van der Waals surface area contributed by atoms with E-state index in [-0.39, 0.29) is 6.61 Å². The molecule has 7 heteroatoms. The van der Waals surface area contributed by atoms with E-state index in [9.17, 15) is 9.59 Å². The maximum Gasteiger partial charge on any atom is 0.322 e. The van der Waals surface area contributed by atoms with Crippen molar-refractivity contribution in [1.29, 1.82) is 0 Å². The van der Waals surface area contributed by atoms with Crippen LogP contribution in [-0.2, 0) is 28.3 Å². The first-order chi connectivity index (χ1) is 15.1. The zero-order valence-corrected chi connectivity index (χ0v) is 18.2. The van der Waals surface area contributed by atoms with Crippen LogP contribution in [0.5, 0.6) is 5.75 Å². The Balaban J connectivity index is 1.62. The quantitative estimate of drug-likeness (QED) is 0.471. The lowest BCUT2D eigenvalue weighted by molar-refractivity contribution is -0.127. The Morgan fingerprint density at radius 3 is 2.10 bits per heavy atom. The molecular formula is C24H21BrN2O4. The van der Waals surface area contributed by atoms with Gasteiger partial charge in [0.2, 0.25) is 0 Å². The molecule has 1 aliphatic heterocycles. The summed E-state index contributed by atoms with van der Waals surface area (Å²) in [5.74, 6) is 0.0105. The summed E-state index contributed by atoms with van der Waals surface area (Å²) >= 11 is 3.46. The van der Waals surface area contributed by atoms with Gasteiger partial charge in [0.05, 0.1) is 13.2 Å². The summed E-state index contributed by atoms with van der Waals surface area (Å²) in [4.78, 5) is 25.0. The van der Waals surface area contributed by atoms with Gasteiger partial charge in [-0.25, -0.2) is 4.79 Å². The number of ether oxygens (including phenoxy) is 2. The lowest BCUT2D eigenvalue weighted by Gasteiger charge is -2.28. The van der Waals surface area contributed by atoms with Crippen LogP contribution in [0.15, 0.2) is 83.3 Å². The third kappa shape index (κ3) is 4.78. The zero-order chi connectivity index (χ0) is 21.7. The Morgan fingerprint density at radius 2 is 1.48 bits per heavy atom. The fourth-order valence-corrected chi connectivity index (χ4v) is 3.80. The van der Waals surface area contributed by atoms with Crippen molar-refractivity contribution in [1.82, 2.24) is 10.6 Å². The van der Waals surface area contributed by atoms with E-state index in [2.05, 4.69) is 26.6 Å². The fraction of sp³-hybridized carbons (Fsp3) is 0.167. The minimum absolute atomic E-state index is 0.0389. The van der Waals surface area contributed by atoms with Gasteiger partial charge in [-0.2, -0.15) is 0 Å². The number of hydrogen-bond acceptors (Lipinski definition) is 4. The highest BCUT2D eigenvalue weighted by atomic mass is 79.9. The topological polar surface area (TPSA) is 76.7 Å². The molecule has 3 aromatic rings. The molecule has 1 saturated heterocycles. The van der Waals surface area contributed by atoms with Crippen LogP contribution >= 0.6 is 15.9 Å². The molecule has 0 aromatic heterocycles. The number of benzene rings is 3. The summed E-state index contributed by atoms with van der Waals surface area (Å²) in [7, 11) is 0. The molecular weight excluding hydrogens is 460 g/mol. The summed E-state index contributed by atoms with van der Waals surface area (Å²) in [6, 6.07) is 24.2. The van der Waals surface area contributed by atoms with E-state index in [1.165, 1.54) is 0 Å². The second-order valence-electron chi connectivity index (χ2n) is 7.21. The van der Waals surface area contributed by atoms with E-state index < -0.39 is 17.5 Å². The van der Waals surface area contributed by atoms with Gasteiger partial charge in [0.1, 0.15) is 12.4 Å². The number of imide groups is 1. The maximum atomic E-state index is 12.9. The van der Waals surface area contributed by atoms with E-state index in [0.29, 0.717) is 24.5 Å². The third-order valence-electron chi connectivity index (χ3n) is 5.01. The van der Waals surface area contributed by atoms with Gasteiger partial charge in [-0.3, -0.25) is 10.1 Å². The number of hydrogen-bond donors (Lipinski definition) is 2. The number of nitrogens with one attached hydrogen (secondary N) is 2. The van der Waals surface area contributed by atoms with Crippen LogP contribution in [0.1, 0.15) is 16.7 Å². The molecule has 1 heterocycles. The summed E-state index contributed by atoms with van der Waals surface area (Å²) in [6.45, 7) is 0.589. The van der Waals surface area contributed by atoms with Gasteiger partial charge < -0.3 is 14.8 Å². The number of rotatable bonds is 8. The van der Waals surface area contributed by atoms with Gasteiger partial charge in [0.25, 0.3) is 5.91 Å². The Morgan fingerprint density at radius 1 is 0.839 bits per heavy atom.